The lowest BCUT2D eigenvalue weighted by Gasteiger charge is -2.32. The lowest BCUT2D eigenvalue weighted by molar-refractivity contribution is 0.226. The van der Waals surface area contributed by atoms with Gasteiger partial charge in [-0.1, -0.05) is 6.92 Å². The number of aryl methyl sites for hydroxylation is 1. The Bertz CT molecular complexity index is 321. The molecule has 1 aromatic heterocycles. The summed E-state index contributed by atoms with van der Waals surface area (Å²) in [5, 5.41) is 3.55. The Morgan fingerprint density at radius 2 is 2.31 bits per heavy atom. The van der Waals surface area contributed by atoms with Gasteiger partial charge in [0, 0.05) is 31.5 Å². The highest BCUT2D eigenvalue weighted by Gasteiger charge is 2.19. The number of nitrogens with zero attached hydrogens (tertiary/aromatic N) is 3. The van der Waals surface area contributed by atoms with Gasteiger partial charge in [0.05, 0.1) is 0 Å². The van der Waals surface area contributed by atoms with Crippen LogP contribution >= 0.6 is 0 Å². The van der Waals surface area contributed by atoms with Crippen LogP contribution in [0.15, 0.2) is 12.4 Å². The number of likely N-dealkylation sites (tertiary alicyclic amines) is 1. The summed E-state index contributed by atoms with van der Waals surface area (Å²) in [6.07, 6.45) is 6.44. The van der Waals surface area contributed by atoms with Crippen LogP contribution < -0.4 is 5.32 Å². The fourth-order valence-corrected chi connectivity index (χ4v) is 2.35. The standard InChI is InChI=1S/C12H22N4/c1-3-15-8-5-6-11(10-15)14-12-13-7-9-16(12)4-2/h7,9,11H,3-6,8,10H2,1-2H3,(H,13,14). The molecule has 2 heterocycles. The summed E-state index contributed by atoms with van der Waals surface area (Å²) < 4.78 is 2.16. The minimum Gasteiger partial charge on any atom is -0.352 e. The summed E-state index contributed by atoms with van der Waals surface area (Å²) >= 11 is 0. The first-order valence-electron chi connectivity index (χ1n) is 6.33. The van der Waals surface area contributed by atoms with Gasteiger partial charge in [0.15, 0.2) is 0 Å². The molecule has 1 N–H and O–H groups in total. The maximum atomic E-state index is 4.37. The molecule has 0 aliphatic carbocycles. The molecule has 1 saturated heterocycles. The Balaban J connectivity index is 1.93. The van der Waals surface area contributed by atoms with Crippen molar-refractivity contribution >= 4 is 5.95 Å². The number of rotatable bonds is 4. The molecule has 90 valence electrons. The van der Waals surface area contributed by atoms with Crippen LogP contribution in [0.1, 0.15) is 26.7 Å². The molecule has 4 heteroatoms. The van der Waals surface area contributed by atoms with Crippen molar-refractivity contribution in [2.75, 3.05) is 25.0 Å². The molecule has 1 aliphatic heterocycles. The van der Waals surface area contributed by atoms with E-state index in [1.807, 2.05) is 12.4 Å². The average molecular weight is 222 g/mol. The number of piperidine rings is 1. The summed E-state index contributed by atoms with van der Waals surface area (Å²) in [7, 11) is 0. The van der Waals surface area contributed by atoms with Crippen LogP contribution in [0.25, 0.3) is 0 Å². The van der Waals surface area contributed by atoms with E-state index < -0.39 is 0 Å². The molecule has 2 rings (SSSR count). The number of imidazole rings is 1. The van der Waals surface area contributed by atoms with E-state index in [0.717, 1.165) is 25.6 Å². The fraction of sp³-hybridized carbons (Fsp3) is 0.750. The SMILES string of the molecule is CCN1CCCC(Nc2nccn2CC)C1. The van der Waals surface area contributed by atoms with E-state index >= 15 is 0 Å². The molecule has 1 atom stereocenters. The summed E-state index contributed by atoms with van der Waals surface area (Å²) in [5.41, 5.74) is 0. The van der Waals surface area contributed by atoms with Crippen molar-refractivity contribution in [1.29, 1.82) is 0 Å². The molecule has 4 nitrogen and oxygen atoms in total. The van der Waals surface area contributed by atoms with Crippen LogP contribution in [0, 0.1) is 0 Å². The number of anilines is 1. The van der Waals surface area contributed by atoms with Gasteiger partial charge >= 0.3 is 0 Å². The molecule has 1 aromatic rings. The molecule has 1 fully saturated rings. The number of likely N-dealkylation sites (N-methyl/N-ethyl adjacent to an activating group) is 1. The highest BCUT2D eigenvalue weighted by molar-refractivity contribution is 5.27. The van der Waals surface area contributed by atoms with Gasteiger partial charge in [-0.25, -0.2) is 4.98 Å². The Morgan fingerprint density at radius 3 is 3.06 bits per heavy atom. The Labute approximate surface area is 97.7 Å². The number of nitrogens with one attached hydrogen (secondary N) is 1. The molecule has 0 spiro atoms. The van der Waals surface area contributed by atoms with Crippen LogP contribution in [0.4, 0.5) is 5.95 Å². The van der Waals surface area contributed by atoms with Crippen molar-refractivity contribution in [2.24, 2.45) is 0 Å². The van der Waals surface area contributed by atoms with Gasteiger partial charge in [0.2, 0.25) is 5.95 Å². The second-order valence-corrected chi connectivity index (χ2v) is 4.41. The average Bonchev–Trinajstić information content (AvgIpc) is 2.76. The topological polar surface area (TPSA) is 33.1 Å². The first-order chi connectivity index (χ1) is 7.83. The molecule has 0 aromatic carbocycles. The normalized spacial score (nSPS) is 22.2. The zero-order valence-corrected chi connectivity index (χ0v) is 10.3. The zero-order valence-electron chi connectivity index (χ0n) is 10.3. The second-order valence-electron chi connectivity index (χ2n) is 4.41. The molecule has 0 saturated carbocycles. The largest absolute Gasteiger partial charge is 0.352 e. The van der Waals surface area contributed by atoms with Crippen molar-refractivity contribution in [3.05, 3.63) is 12.4 Å². The van der Waals surface area contributed by atoms with E-state index in [9.17, 15) is 0 Å². The predicted molar refractivity (Wildman–Crippen MR) is 66.7 cm³/mol. The van der Waals surface area contributed by atoms with Crippen LogP contribution in [-0.2, 0) is 6.54 Å². The van der Waals surface area contributed by atoms with Crippen molar-refractivity contribution in [1.82, 2.24) is 14.5 Å². The first kappa shape index (κ1) is 11.5. The highest BCUT2D eigenvalue weighted by atomic mass is 15.2. The smallest absolute Gasteiger partial charge is 0.203 e. The van der Waals surface area contributed by atoms with Crippen molar-refractivity contribution in [2.45, 2.75) is 39.3 Å². The van der Waals surface area contributed by atoms with E-state index in [1.54, 1.807) is 0 Å². The van der Waals surface area contributed by atoms with Gasteiger partial charge in [-0.2, -0.15) is 0 Å². The Kier molecular flexibility index (Phi) is 3.83. The minimum atomic E-state index is 0.557. The Morgan fingerprint density at radius 1 is 1.44 bits per heavy atom. The van der Waals surface area contributed by atoms with Crippen LogP contribution in [0.3, 0.4) is 0 Å². The van der Waals surface area contributed by atoms with Gasteiger partial charge in [0.1, 0.15) is 0 Å². The van der Waals surface area contributed by atoms with Gasteiger partial charge in [0.25, 0.3) is 0 Å². The van der Waals surface area contributed by atoms with E-state index in [4.69, 9.17) is 0 Å². The Hall–Kier alpha value is -1.03. The van der Waals surface area contributed by atoms with Crippen molar-refractivity contribution < 1.29 is 0 Å². The lowest BCUT2D eigenvalue weighted by atomic mass is 10.1. The molecule has 1 unspecified atom stereocenters. The molecule has 16 heavy (non-hydrogen) atoms. The number of hydrogen-bond donors (Lipinski definition) is 1. The number of aromatic nitrogens is 2. The molecular formula is C12H22N4. The summed E-state index contributed by atoms with van der Waals surface area (Å²) in [6.45, 7) is 8.90. The third kappa shape index (κ3) is 2.55. The minimum absolute atomic E-state index is 0.557. The quantitative estimate of drug-likeness (QED) is 0.843. The lowest BCUT2D eigenvalue weighted by Crippen LogP contribution is -2.42. The highest BCUT2D eigenvalue weighted by Crippen LogP contribution is 2.14. The summed E-state index contributed by atoms with van der Waals surface area (Å²) in [5.74, 6) is 1.02. The predicted octanol–water partition coefficient (Wildman–Crippen LogP) is 1.80. The van der Waals surface area contributed by atoms with Gasteiger partial charge in [-0.05, 0) is 32.9 Å². The maximum absolute atomic E-state index is 4.37. The second kappa shape index (κ2) is 5.34. The van der Waals surface area contributed by atoms with Crippen LogP contribution in [0.5, 0.6) is 0 Å². The molecule has 1 aliphatic rings. The summed E-state index contributed by atoms with van der Waals surface area (Å²) in [6, 6.07) is 0.557. The number of hydrogen-bond acceptors (Lipinski definition) is 3. The fourth-order valence-electron chi connectivity index (χ4n) is 2.35. The molecular weight excluding hydrogens is 200 g/mol. The van der Waals surface area contributed by atoms with Crippen LogP contribution in [0.2, 0.25) is 0 Å². The molecule has 0 radical (unpaired) electrons. The van der Waals surface area contributed by atoms with Gasteiger partial charge in [-0.15, -0.1) is 0 Å². The molecule has 0 amide bonds. The zero-order chi connectivity index (χ0) is 11.4. The maximum Gasteiger partial charge on any atom is 0.203 e. The third-order valence-electron chi connectivity index (χ3n) is 3.34. The summed E-state index contributed by atoms with van der Waals surface area (Å²) in [4.78, 5) is 6.87. The van der Waals surface area contributed by atoms with Crippen molar-refractivity contribution in [3.8, 4) is 0 Å². The van der Waals surface area contributed by atoms with E-state index in [1.165, 1.54) is 19.4 Å². The van der Waals surface area contributed by atoms with E-state index in [2.05, 4.69) is 33.6 Å². The monoisotopic (exact) mass is 222 g/mol. The van der Waals surface area contributed by atoms with Gasteiger partial charge < -0.3 is 14.8 Å². The third-order valence-corrected chi connectivity index (χ3v) is 3.34. The van der Waals surface area contributed by atoms with Crippen LogP contribution in [-0.4, -0.2) is 40.1 Å². The molecule has 0 bridgehead atoms. The first-order valence-corrected chi connectivity index (χ1v) is 6.33. The van der Waals surface area contributed by atoms with Gasteiger partial charge in [-0.3, -0.25) is 0 Å². The van der Waals surface area contributed by atoms with E-state index in [0.29, 0.717) is 6.04 Å². The van der Waals surface area contributed by atoms with E-state index in [-0.39, 0.29) is 0 Å². The van der Waals surface area contributed by atoms with Crippen molar-refractivity contribution in [3.63, 3.8) is 0 Å².